The molecule has 0 bridgehead atoms. The van der Waals surface area contributed by atoms with Crippen molar-refractivity contribution in [3.8, 4) is 11.5 Å². The van der Waals surface area contributed by atoms with Crippen molar-refractivity contribution in [2.75, 3.05) is 27.2 Å². The molecule has 234 valence electrons. The van der Waals surface area contributed by atoms with Crippen LogP contribution in [0.2, 0.25) is 0 Å². The van der Waals surface area contributed by atoms with Gasteiger partial charge in [-0.3, -0.25) is 0 Å². The first-order chi connectivity index (χ1) is 21.4. The van der Waals surface area contributed by atoms with Crippen LogP contribution in [0.5, 0.6) is 11.5 Å². The number of hydrogen-bond acceptors (Lipinski definition) is 4. The van der Waals surface area contributed by atoms with Crippen LogP contribution in [0.15, 0.2) is 103 Å². The molecule has 2 N–H and O–H groups in total. The summed E-state index contributed by atoms with van der Waals surface area (Å²) in [6, 6.07) is 22.6. The molecule has 0 aliphatic heterocycles. The van der Waals surface area contributed by atoms with Crippen LogP contribution < -0.4 is 20.1 Å². The second-order valence-corrected chi connectivity index (χ2v) is 10.2. The minimum atomic E-state index is -4.88. The number of alkyl halides is 6. The molecule has 0 heterocycles. The van der Waals surface area contributed by atoms with Gasteiger partial charge in [0.05, 0.1) is 12.5 Å². The Labute approximate surface area is 254 Å². The summed E-state index contributed by atoms with van der Waals surface area (Å²) < 4.78 is 105. The lowest BCUT2D eigenvalue weighted by atomic mass is 9.81. The first-order valence-electron chi connectivity index (χ1n) is 14.5. The van der Waals surface area contributed by atoms with E-state index in [9.17, 15) is 26.3 Å². The van der Waals surface area contributed by atoms with E-state index in [1.807, 2.05) is 30.3 Å². The predicted molar refractivity (Wildman–Crippen MR) is 158 cm³/mol. The van der Waals surface area contributed by atoms with E-state index >= 15 is 0 Å². The van der Waals surface area contributed by atoms with Crippen LogP contribution in [0, 0.1) is 0 Å². The molecule has 4 aromatic rings. The van der Waals surface area contributed by atoms with Gasteiger partial charge in [-0.15, -0.1) is 0 Å². The summed E-state index contributed by atoms with van der Waals surface area (Å²) in [5.74, 6) is -0.0367. The van der Waals surface area contributed by atoms with Gasteiger partial charge in [0.1, 0.15) is 17.6 Å². The van der Waals surface area contributed by atoms with Crippen LogP contribution in [-0.2, 0) is 18.0 Å². The Morgan fingerprint density at radius 3 is 1.82 bits per heavy atom. The monoisotopic (exact) mass is 617 g/mol. The molecule has 4 aromatic carbocycles. The quantitative estimate of drug-likeness (QED) is 0.148. The molecule has 0 aliphatic carbocycles. The smallest absolute Gasteiger partial charge is 0.416 e. The normalized spacial score (nSPS) is 14.4. The summed E-state index contributed by atoms with van der Waals surface area (Å²) in [4.78, 5) is 0. The second kappa shape index (κ2) is 14.2. The third-order valence-electron chi connectivity index (χ3n) is 7.15. The Balaban J connectivity index is 2.01. The maximum absolute atomic E-state index is 14.4. The van der Waals surface area contributed by atoms with Crippen LogP contribution in [-0.4, -0.2) is 27.2 Å². The molecule has 0 aromatic heterocycles. The third-order valence-corrected chi connectivity index (χ3v) is 7.15. The highest BCUT2D eigenvalue weighted by molar-refractivity contribution is 5.49. The van der Waals surface area contributed by atoms with Gasteiger partial charge >= 0.3 is 12.4 Å². The fraction of sp³-hybridized carbons (Fsp3) is 0.294. The molecule has 4 nitrogen and oxygen atoms in total. The molecule has 4 rings (SSSR count). The van der Waals surface area contributed by atoms with Crippen molar-refractivity contribution in [2.45, 2.75) is 36.9 Å². The highest BCUT2D eigenvalue weighted by Crippen LogP contribution is 2.46. The first-order valence-corrected chi connectivity index (χ1v) is 14.0. The second-order valence-electron chi connectivity index (χ2n) is 10.2. The van der Waals surface area contributed by atoms with E-state index in [1.165, 1.54) is 6.07 Å². The van der Waals surface area contributed by atoms with Gasteiger partial charge in [0, 0.05) is 24.0 Å². The van der Waals surface area contributed by atoms with Gasteiger partial charge in [-0.25, -0.2) is 0 Å². The van der Waals surface area contributed by atoms with Crippen molar-refractivity contribution in [1.82, 2.24) is 10.6 Å². The van der Waals surface area contributed by atoms with E-state index in [-0.39, 0.29) is 30.0 Å². The van der Waals surface area contributed by atoms with Crippen LogP contribution in [0.1, 0.15) is 48.1 Å². The minimum Gasteiger partial charge on any atom is -0.485 e. The average Bonchev–Trinajstić information content (AvgIpc) is 3.01. The number of hydrogen-bond donors (Lipinski definition) is 2. The van der Waals surface area contributed by atoms with E-state index in [2.05, 4.69) is 10.6 Å². The molecule has 0 fully saturated rings. The van der Waals surface area contributed by atoms with Crippen LogP contribution in [0.4, 0.5) is 26.3 Å². The SMILES string of the molecule is [2H]c1c(C(F)(F)F)ccc(OC(CCNC)c2ccccc2)c1C(CCNC)(Oc1ccc(C(F)(F)F)cc1)c1ccccc1. The zero-order valence-corrected chi connectivity index (χ0v) is 24.2. The molecule has 2 atom stereocenters. The number of ether oxygens (including phenoxy) is 2. The van der Waals surface area contributed by atoms with E-state index in [1.54, 1.807) is 44.4 Å². The van der Waals surface area contributed by atoms with Gasteiger partial charge in [0.2, 0.25) is 0 Å². The average molecular weight is 618 g/mol. The molecular weight excluding hydrogens is 582 g/mol. The highest BCUT2D eigenvalue weighted by atomic mass is 19.4. The van der Waals surface area contributed by atoms with E-state index < -0.39 is 41.2 Å². The lowest BCUT2D eigenvalue weighted by Gasteiger charge is -2.38. The van der Waals surface area contributed by atoms with Gasteiger partial charge in [-0.05, 0) is 75.2 Å². The molecule has 0 spiro atoms. The molecule has 10 heteroatoms. The number of halogens is 6. The van der Waals surface area contributed by atoms with Crippen LogP contribution in [0.3, 0.4) is 0 Å². The van der Waals surface area contributed by atoms with Crippen molar-refractivity contribution < 1.29 is 37.2 Å². The predicted octanol–water partition coefficient (Wildman–Crippen LogP) is 8.39. The summed E-state index contributed by atoms with van der Waals surface area (Å²) in [6.45, 7) is 0.738. The van der Waals surface area contributed by atoms with Gasteiger partial charge in [0.15, 0.2) is 5.60 Å². The molecule has 0 amide bonds. The number of benzene rings is 4. The van der Waals surface area contributed by atoms with Crippen molar-refractivity contribution in [2.24, 2.45) is 0 Å². The standard InChI is InChI=1S/C34H34F6N2O2/c1-41-21-19-30(24-9-5-3-6-10-24)43-31-18-15-27(34(38,39)40)23-29(31)32(20-22-42-2,25-11-7-4-8-12-25)44-28-16-13-26(14-17-28)33(35,36)37/h3-18,23,30,41-42H,19-22H2,1-2H3/i23D. The maximum atomic E-state index is 14.4. The molecule has 0 saturated carbocycles. The fourth-order valence-electron chi connectivity index (χ4n) is 4.93. The summed E-state index contributed by atoms with van der Waals surface area (Å²) in [7, 11) is 3.42. The summed E-state index contributed by atoms with van der Waals surface area (Å²) in [5, 5.41) is 6.06. The van der Waals surface area contributed by atoms with Gasteiger partial charge < -0.3 is 20.1 Å². The molecule has 44 heavy (non-hydrogen) atoms. The Hall–Kier alpha value is -4.02. The largest absolute Gasteiger partial charge is 0.485 e. The number of nitrogens with one attached hydrogen (secondary N) is 2. The van der Waals surface area contributed by atoms with E-state index in [0.29, 0.717) is 18.5 Å². The van der Waals surface area contributed by atoms with Gasteiger partial charge in [-0.1, -0.05) is 60.7 Å². The van der Waals surface area contributed by atoms with E-state index in [4.69, 9.17) is 10.8 Å². The third kappa shape index (κ3) is 7.92. The van der Waals surface area contributed by atoms with Crippen LogP contribution >= 0.6 is 0 Å². The lowest BCUT2D eigenvalue weighted by molar-refractivity contribution is -0.138. The Kier molecular flexibility index (Phi) is 10.1. The Morgan fingerprint density at radius 2 is 1.25 bits per heavy atom. The summed E-state index contributed by atoms with van der Waals surface area (Å²) in [6.07, 6.45) is -9.64. The molecule has 2 unspecified atom stereocenters. The maximum Gasteiger partial charge on any atom is 0.416 e. The van der Waals surface area contributed by atoms with Gasteiger partial charge in [-0.2, -0.15) is 26.3 Å². The lowest BCUT2D eigenvalue weighted by Crippen LogP contribution is -2.38. The number of rotatable bonds is 13. The zero-order chi connectivity index (χ0) is 32.7. The molecule has 0 aliphatic rings. The summed E-state index contributed by atoms with van der Waals surface area (Å²) in [5.41, 5.74) is -2.92. The zero-order valence-electron chi connectivity index (χ0n) is 25.2. The van der Waals surface area contributed by atoms with Crippen molar-refractivity contribution in [3.63, 3.8) is 0 Å². The first kappa shape index (κ1) is 31.4. The van der Waals surface area contributed by atoms with Crippen molar-refractivity contribution >= 4 is 0 Å². The Bertz CT molecular complexity index is 1520. The fourth-order valence-corrected chi connectivity index (χ4v) is 4.93. The van der Waals surface area contributed by atoms with Crippen molar-refractivity contribution in [3.05, 3.63) is 131 Å². The van der Waals surface area contributed by atoms with E-state index in [0.717, 1.165) is 35.9 Å². The topological polar surface area (TPSA) is 42.5 Å². The summed E-state index contributed by atoms with van der Waals surface area (Å²) >= 11 is 0. The molecule has 0 radical (unpaired) electrons. The molecule has 0 saturated heterocycles. The van der Waals surface area contributed by atoms with Gasteiger partial charge in [0.25, 0.3) is 0 Å². The highest BCUT2D eigenvalue weighted by Gasteiger charge is 2.42. The molecular formula is C34H34F6N2O2. The Morgan fingerprint density at radius 1 is 0.682 bits per heavy atom. The van der Waals surface area contributed by atoms with Crippen LogP contribution in [0.25, 0.3) is 0 Å². The minimum absolute atomic E-state index is 0.00457. The van der Waals surface area contributed by atoms with Crippen molar-refractivity contribution in [1.29, 1.82) is 0 Å².